The standard InChI is InChI=1S/C26H25N3O2S/c1-3-19-9-12-23(13-10-19)31-17-22-15-20(11-14-25(22)30-2)16-27-29-26-28-24(18-32-26)21-7-5-4-6-8-21/h4-16,18H,3,17H2,1-2H3,(H,28,29). The van der Waals surface area contributed by atoms with Crippen molar-refractivity contribution in [3.05, 3.63) is 94.9 Å². The van der Waals surface area contributed by atoms with Crippen LogP contribution in [-0.4, -0.2) is 18.3 Å². The van der Waals surface area contributed by atoms with Crippen molar-refractivity contribution in [2.24, 2.45) is 5.10 Å². The summed E-state index contributed by atoms with van der Waals surface area (Å²) in [6.45, 7) is 2.55. The molecule has 0 amide bonds. The molecule has 0 saturated heterocycles. The molecule has 0 unspecified atom stereocenters. The molecule has 0 bridgehead atoms. The predicted molar refractivity (Wildman–Crippen MR) is 132 cm³/mol. The van der Waals surface area contributed by atoms with Crippen LogP contribution in [0.15, 0.2) is 83.3 Å². The molecule has 0 aliphatic heterocycles. The first-order valence-electron chi connectivity index (χ1n) is 10.4. The first kappa shape index (κ1) is 21.6. The third-order valence-electron chi connectivity index (χ3n) is 4.98. The Morgan fingerprint density at radius 3 is 2.59 bits per heavy atom. The topological polar surface area (TPSA) is 55.7 Å². The van der Waals surface area contributed by atoms with E-state index < -0.39 is 0 Å². The Kier molecular flexibility index (Phi) is 7.15. The molecule has 4 rings (SSSR count). The zero-order valence-corrected chi connectivity index (χ0v) is 18.9. The van der Waals surface area contributed by atoms with Gasteiger partial charge >= 0.3 is 0 Å². The van der Waals surface area contributed by atoms with Crippen LogP contribution in [0.4, 0.5) is 5.13 Å². The Labute approximate surface area is 192 Å². The number of thiazole rings is 1. The molecular weight excluding hydrogens is 418 g/mol. The van der Waals surface area contributed by atoms with Crippen LogP contribution in [0.2, 0.25) is 0 Å². The van der Waals surface area contributed by atoms with Crippen molar-refractivity contribution in [3.63, 3.8) is 0 Å². The van der Waals surface area contributed by atoms with Crippen molar-refractivity contribution in [2.45, 2.75) is 20.0 Å². The van der Waals surface area contributed by atoms with Crippen LogP contribution in [-0.2, 0) is 13.0 Å². The molecule has 0 fully saturated rings. The second kappa shape index (κ2) is 10.6. The summed E-state index contributed by atoms with van der Waals surface area (Å²) in [5, 5.41) is 7.10. The van der Waals surface area contributed by atoms with Crippen molar-refractivity contribution < 1.29 is 9.47 Å². The number of ether oxygens (including phenoxy) is 2. The minimum Gasteiger partial charge on any atom is -0.496 e. The van der Waals surface area contributed by atoms with E-state index in [4.69, 9.17) is 9.47 Å². The number of hydrogen-bond donors (Lipinski definition) is 1. The van der Waals surface area contributed by atoms with E-state index in [-0.39, 0.29) is 0 Å². The summed E-state index contributed by atoms with van der Waals surface area (Å²) in [6.07, 6.45) is 2.78. The summed E-state index contributed by atoms with van der Waals surface area (Å²) in [5.74, 6) is 1.62. The van der Waals surface area contributed by atoms with Gasteiger partial charge in [-0.2, -0.15) is 5.10 Å². The molecule has 1 heterocycles. The summed E-state index contributed by atoms with van der Waals surface area (Å²) in [4.78, 5) is 4.59. The van der Waals surface area contributed by atoms with Gasteiger partial charge in [0.05, 0.1) is 19.0 Å². The van der Waals surface area contributed by atoms with Crippen molar-refractivity contribution in [1.82, 2.24) is 4.98 Å². The van der Waals surface area contributed by atoms with E-state index in [2.05, 4.69) is 34.6 Å². The fourth-order valence-electron chi connectivity index (χ4n) is 3.20. The minimum absolute atomic E-state index is 0.413. The van der Waals surface area contributed by atoms with Gasteiger partial charge in [-0.05, 0) is 47.9 Å². The van der Waals surface area contributed by atoms with Gasteiger partial charge in [-0.1, -0.05) is 49.4 Å². The van der Waals surface area contributed by atoms with E-state index in [0.717, 1.165) is 45.4 Å². The number of methoxy groups -OCH3 is 1. The van der Waals surface area contributed by atoms with Crippen molar-refractivity contribution in [3.8, 4) is 22.8 Å². The highest BCUT2D eigenvalue weighted by Gasteiger charge is 2.06. The Hall–Kier alpha value is -3.64. The highest BCUT2D eigenvalue weighted by molar-refractivity contribution is 7.14. The maximum absolute atomic E-state index is 5.96. The van der Waals surface area contributed by atoms with E-state index in [9.17, 15) is 0 Å². The van der Waals surface area contributed by atoms with Crippen LogP contribution in [0.1, 0.15) is 23.6 Å². The lowest BCUT2D eigenvalue weighted by Gasteiger charge is -2.11. The fraction of sp³-hybridized carbons (Fsp3) is 0.154. The lowest BCUT2D eigenvalue weighted by Crippen LogP contribution is -2.00. The Morgan fingerprint density at radius 1 is 1.03 bits per heavy atom. The van der Waals surface area contributed by atoms with E-state index in [0.29, 0.717) is 6.61 Å². The second-order valence-electron chi connectivity index (χ2n) is 7.13. The van der Waals surface area contributed by atoms with E-state index in [1.54, 1.807) is 13.3 Å². The average Bonchev–Trinajstić information content (AvgIpc) is 3.33. The molecule has 0 spiro atoms. The number of nitrogens with one attached hydrogen (secondary N) is 1. The SMILES string of the molecule is CCc1ccc(OCc2cc(C=NNc3nc(-c4ccccc4)cs3)ccc2OC)cc1. The predicted octanol–water partition coefficient (Wildman–Crippen LogP) is 6.41. The molecular formula is C26H25N3O2S. The van der Waals surface area contributed by atoms with Crippen LogP contribution in [0.25, 0.3) is 11.3 Å². The normalized spacial score (nSPS) is 10.9. The van der Waals surface area contributed by atoms with Crippen LogP contribution >= 0.6 is 11.3 Å². The molecule has 0 saturated carbocycles. The smallest absolute Gasteiger partial charge is 0.203 e. The molecule has 5 nitrogen and oxygen atoms in total. The molecule has 6 heteroatoms. The summed E-state index contributed by atoms with van der Waals surface area (Å²) in [6, 6.07) is 24.2. The number of hydrazone groups is 1. The Bertz CT molecular complexity index is 1170. The third-order valence-corrected chi connectivity index (χ3v) is 5.72. The quantitative estimate of drug-likeness (QED) is 0.240. The maximum atomic E-state index is 5.96. The molecule has 0 radical (unpaired) electrons. The van der Waals surface area contributed by atoms with Gasteiger partial charge in [-0.3, -0.25) is 5.43 Å². The van der Waals surface area contributed by atoms with Crippen molar-refractivity contribution >= 4 is 22.7 Å². The van der Waals surface area contributed by atoms with E-state index >= 15 is 0 Å². The van der Waals surface area contributed by atoms with Crippen LogP contribution in [0.5, 0.6) is 11.5 Å². The van der Waals surface area contributed by atoms with Gasteiger partial charge in [0.1, 0.15) is 18.1 Å². The number of rotatable bonds is 9. The van der Waals surface area contributed by atoms with Gasteiger partial charge in [-0.15, -0.1) is 11.3 Å². The zero-order chi connectivity index (χ0) is 22.2. The first-order valence-corrected chi connectivity index (χ1v) is 11.3. The van der Waals surface area contributed by atoms with Gasteiger partial charge in [0.25, 0.3) is 0 Å². The summed E-state index contributed by atoms with van der Waals surface area (Å²) < 4.78 is 11.5. The summed E-state index contributed by atoms with van der Waals surface area (Å²) in [7, 11) is 1.66. The molecule has 0 atom stereocenters. The Balaban J connectivity index is 1.40. The largest absolute Gasteiger partial charge is 0.496 e. The number of aryl methyl sites for hydroxylation is 1. The molecule has 1 aromatic heterocycles. The molecule has 0 aliphatic rings. The molecule has 162 valence electrons. The average molecular weight is 444 g/mol. The highest BCUT2D eigenvalue weighted by Crippen LogP contribution is 2.25. The van der Waals surface area contributed by atoms with Crippen LogP contribution < -0.4 is 14.9 Å². The van der Waals surface area contributed by atoms with E-state index in [1.807, 2.05) is 66.0 Å². The molecule has 32 heavy (non-hydrogen) atoms. The number of benzene rings is 3. The lowest BCUT2D eigenvalue weighted by atomic mass is 10.1. The number of hydrogen-bond acceptors (Lipinski definition) is 6. The summed E-state index contributed by atoms with van der Waals surface area (Å²) in [5.41, 5.74) is 8.22. The van der Waals surface area contributed by atoms with Crippen molar-refractivity contribution in [1.29, 1.82) is 0 Å². The second-order valence-corrected chi connectivity index (χ2v) is 7.99. The maximum Gasteiger partial charge on any atom is 0.203 e. The molecule has 0 aliphatic carbocycles. The molecule has 3 aromatic carbocycles. The van der Waals surface area contributed by atoms with Crippen LogP contribution in [0.3, 0.4) is 0 Å². The minimum atomic E-state index is 0.413. The van der Waals surface area contributed by atoms with E-state index in [1.165, 1.54) is 16.9 Å². The number of aromatic nitrogens is 1. The summed E-state index contributed by atoms with van der Waals surface area (Å²) >= 11 is 1.52. The molecule has 4 aromatic rings. The van der Waals surface area contributed by atoms with Gasteiger partial charge < -0.3 is 9.47 Å². The van der Waals surface area contributed by atoms with Crippen LogP contribution in [0, 0.1) is 0 Å². The number of nitrogens with zero attached hydrogens (tertiary/aromatic N) is 2. The number of anilines is 1. The van der Waals surface area contributed by atoms with Gasteiger partial charge in [-0.25, -0.2) is 4.98 Å². The zero-order valence-electron chi connectivity index (χ0n) is 18.1. The lowest BCUT2D eigenvalue weighted by molar-refractivity contribution is 0.296. The van der Waals surface area contributed by atoms with Gasteiger partial charge in [0.2, 0.25) is 5.13 Å². The van der Waals surface area contributed by atoms with Crippen molar-refractivity contribution in [2.75, 3.05) is 12.5 Å². The monoisotopic (exact) mass is 443 g/mol. The Morgan fingerprint density at radius 2 is 1.84 bits per heavy atom. The highest BCUT2D eigenvalue weighted by atomic mass is 32.1. The molecule has 1 N–H and O–H groups in total. The third kappa shape index (κ3) is 5.53. The van der Waals surface area contributed by atoms with Gasteiger partial charge in [0.15, 0.2) is 0 Å². The van der Waals surface area contributed by atoms with Gasteiger partial charge in [0, 0.05) is 16.5 Å². The fourth-order valence-corrected chi connectivity index (χ4v) is 3.87. The first-order chi connectivity index (χ1) is 15.7.